The normalized spacial score (nSPS) is 11.1. The molecule has 0 amide bonds. The van der Waals surface area contributed by atoms with Crippen molar-refractivity contribution in [2.45, 2.75) is 6.92 Å². The van der Waals surface area contributed by atoms with E-state index in [0.29, 0.717) is 5.56 Å². The summed E-state index contributed by atoms with van der Waals surface area (Å²) in [4.78, 5) is 27.6. The SMILES string of the molecule is Cc1cc([N+](=O)[O-])ccc1OP(O)(O)=S. The molecular weight excluding hydrogens is 241 g/mol. The Morgan fingerprint density at radius 1 is 1.53 bits per heavy atom. The first-order valence-corrected chi connectivity index (χ1v) is 6.42. The van der Waals surface area contributed by atoms with Crippen molar-refractivity contribution in [1.29, 1.82) is 0 Å². The minimum absolute atomic E-state index is 0.0935. The lowest BCUT2D eigenvalue weighted by atomic mass is 10.2. The van der Waals surface area contributed by atoms with Gasteiger partial charge in [-0.2, -0.15) is 0 Å². The van der Waals surface area contributed by atoms with Gasteiger partial charge in [0.25, 0.3) is 5.69 Å². The molecule has 8 heteroatoms. The molecule has 0 fully saturated rings. The second-order valence-electron chi connectivity index (χ2n) is 2.79. The van der Waals surface area contributed by atoms with Crippen molar-refractivity contribution in [3.05, 3.63) is 33.9 Å². The molecule has 0 saturated carbocycles. The quantitative estimate of drug-likeness (QED) is 0.479. The summed E-state index contributed by atoms with van der Waals surface area (Å²) in [6, 6.07) is 3.74. The Morgan fingerprint density at radius 3 is 2.53 bits per heavy atom. The third kappa shape index (κ3) is 3.56. The van der Waals surface area contributed by atoms with Gasteiger partial charge < -0.3 is 14.3 Å². The summed E-state index contributed by atoms with van der Waals surface area (Å²) in [6.45, 7) is -2.24. The van der Waals surface area contributed by atoms with Crippen LogP contribution in [-0.4, -0.2) is 14.7 Å². The van der Waals surface area contributed by atoms with Crippen LogP contribution in [0.4, 0.5) is 5.69 Å². The van der Waals surface area contributed by atoms with Gasteiger partial charge in [-0.25, -0.2) is 0 Å². The Labute approximate surface area is 90.5 Å². The fourth-order valence-electron chi connectivity index (χ4n) is 0.978. The molecule has 0 spiro atoms. The molecule has 0 bridgehead atoms. The van der Waals surface area contributed by atoms with Crippen LogP contribution < -0.4 is 4.52 Å². The van der Waals surface area contributed by atoms with Crippen LogP contribution in [0.25, 0.3) is 0 Å². The molecule has 15 heavy (non-hydrogen) atoms. The number of hydrogen-bond donors (Lipinski definition) is 2. The maximum Gasteiger partial charge on any atom is 0.375 e. The molecule has 1 rings (SSSR count). The van der Waals surface area contributed by atoms with Gasteiger partial charge in [0.1, 0.15) is 5.75 Å². The van der Waals surface area contributed by atoms with Crippen LogP contribution in [0.2, 0.25) is 0 Å². The van der Waals surface area contributed by atoms with Gasteiger partial charge in [0, 0.05) is 23.9 Å². The topological polar surface area (TPSA) is 92.8 Å². The first-order chi connectivity index (χ1) is 6.79. The van der Waals surface area contributed by atoms with Crippen LogP contribution in [0, 0.1) is 17.0 Å². The highest BCUT2D eigenvalue weighted by molar-refractivity contribution is 8.06. The van der Waals surface area contributed by atoms with Crippen molar-refractivity contribution in [3.8, 4) is 5.75 Å². The minimum Gasteiger partial charge on any atom is -0.424 e. The van der Waals surface area contributed by atoms with E-state index < -0.39 is 11.6 Å². The van der Waals surface area contributed by atoms with Gasteiger partial charge in [0.2, 0.25) is 0 Å². The Bertz CT molecular complexity index is 443. The average Bonchev–Trinajstić information content (AvgIpc) is 2.05. The molecule has 0 radical (unpaired) electrons. The molecule has 0 aliphatic rings. The Hall–Kier alpha value is -1.01. The lowest BCUT2D eigenvalue weighted by molar-refractivity contribution is -0.384. The predicted octanol–water partition coefficient (Wildman–Crippen LogP) is 1.49. The van der Waals surface area contributed by atoms with Gasteiger partial charge in [-0.3, -0.25) is 10.1 Å². The number of non-ortho nitro benzene ring substituents is 1. The van der Waals surface area contributed by atoms with E-state index in [1.165, 1.54) is 18.2 Å². The molecule has 1 aromatic carbocycles. The Morgan fingerprint density at radius 2 is 2.13 bits per heavy atom. The molecule has 0 saturated heterocycles. The first kappa shape index (κ1) is 12.1. The lowest BCUT2D eigenvalue weighted by Gasteiger charge is -2.11. The summed E-state index contributed by atoms with van der Waals surface area (Å²) in [5, 5.41) is 10.4. The Kier molecular flexibility index (Phi) is 3.41. The van der Waals surface area contributed by atoms with Gasteiger partial charge in [0.05, 0.1) is 4.92 Å². The van der Waals surface area contributed by atoms with Gasteiger partial charge in [-0.1, -0.05) is 0 Å². The number of nitro groups is 1. The number of nitrogens with zero attached hydrogens (tertiary/aromatic N) is 1. The number of aryl methyl sites for hydroxylation is 1. The smallest absolute Gasteiger partial charge is 0.375 e. The maximum absolute atomic E-state index is 10.4. The van der Waals surface area contributed by atoms with Crippen molar-refractivity contribution in [2.24, 2.45) is 0 Å². The van der Waals surface area contributed by atoms with Crippen LogP contribution in [0.1, 0.15) is 5.56 Å². The molecule has 1 aromatic rings. The van der Waals surface area contributed by atoms with Crippen LogP contribution in [0.5, 0.6) is 5.75 Å². The number of rotatable bonds is 3. The highest BCUT2D eigenvalue weighted by Gasteiger charge is 2.14. The summed E-state index contributed by atoms with van der Waals surface area (Å²) in [5.41, 5.74) is 0.325. The molecule has 6 nitrogen and oxygen atoms in total. The molecule has 0 unspecified atom stereocenters. The zero-order valence-electron chi connectivity index (χ0n) is 7.65. The summed E-state index contributed by atoms with van der Waals surface area (Å²) < 4.78 is 4.68. The van der Waals surface area contributed by atoms with E-state index >= 15 is 0 Å². The summed E-state index contributed by atoms with van der Waals surface area (Å²) in [5.74, 6) is 0.133. The molecule has 2 N–H and O–H groups in total. The fraction of sp³-hybridized carbons (Fsp3) is 0.143. The molecular formula is C7H8NO5PS. The maximum atomic E-state index is 10.4. The highest BCUT2D eigenvalue weighted by atomic mass is 32.5. The average molecular weight is 249 g/mol. The summed E-state index contributed by atoms with van der Waals surface area (Å²) >= 11 is 4.28. The van der Waals surface area contributed by atoms with Crippen LogP contribution in [0.15, 0.2) is 18.2 Å². The Balaban J connectivity index is 3.04. The van der Waals surface area contributed by atoms with Gasteiger partial charge in [0.15, 0.2) is 0 Å². The number of hydrogen-bond acceptors (Lipinski definition) is 4. The second kappa shape index (κ2) is 4.24. The summed E-state index contributed by atoms with van der Waals surface area (Å²) in [7, 11) is 0. The molecule has 0 heterocycles. The van der Waals surface area contributed by atoms with Gasteiger partial charge in [-0.05, 0) is 18.6 Å². The number of nitro benzene ring substituents is 1. The van der Waals surface area contributed by atoms with Crippen molar-refractivity contribution in [2.75, 3.05) is 0 Å². The van der Waals surface area contributed by atoms with Gasteiger partial charge >= 0.3 is 6.72 Å². The highest BCUT2D eigenvalue weighted by Crippen LogP contribution is 2.39. The van der Waals surface area contributed by atoms with Gasteiger partial charge in [-0.15, -0.1) is 0 Å². The number of benzene rings is 1. The van der Waals surface area contributed by atoms with Crippen molar-refractivity contribution in [1.82, 2.24) is 0 Å². The third-order valence-corrected chi connectivity index (χ3v) is 2.24. The van der Waals surface area contributed by atoms with E-state index in [1.807, 2.05) is 0 Å². The van der Waals surface area contributed by atoms with Crippen molar-refractivity contribution < 1.29 is 19.2 Å². The molecule has 82 valence electrons. The molecule has 0 aliphatic heterocycles. The summed E-state index contributed by atoms with van der Waals surface area (Å²) in [6.07, 6.45) is 0. The van der Waals surface area contributed by atoms with Crippen molar-refractivity contribution in [3.63, 3.8) is 0 Å². The van der Waals surface area contributed by atoms with Crippen molar-refractivity contribution >= 4 is 24.2 Å². The van der Waals surface area contributed by atoms with E-state index in [9.17, 15) is 10.1 Å². The van der Waals surface area contributed by atoms with Crippen LogP contribution >= 0.6 is 6.72 Å². The fourth-order valence-corrected chi connectivity index (χ4v) is 1.68. The monoisotopic (exact) mass is 249 g/mol. The van der Waals surface area contributed by atoms with Crippen LogP contribution in [-0.2, 0) is 11.8 Å². The third-order valence-electron chi connectivity index (χ3n) is 1.59. The largest absolute Gasteiger partial charge is 0.424 e. The molecule has 0 aromatic heterocycles. The van der Waals surface area contributed by atoms with E-state index in [4.69, 9.17) is 9.79 Å². The second-order valence-corrected chi connectivity index (χ2v) is 5.38. The molecule has 0 aliphatic carbocycles. The predicted molar refractivity (Wildman–Crippen MR) is 57.2 cm³/mol. The van der Waals surface area contributed by atoms with E-state index in [-0.39, 0.29) is 11.4 Å². The first-order valence-electron chi connectivity index (χ1n) is 3.80. The van der Waals surface area contributed by atoms with E-state index in [2.05, 4.69) is 16.3 Å². The lowest BCUT2D eigenvalue weighted by Crippen LogP contribution is -1.94. The zero-order valence-corrected chi connectivity index (χ0v) is 9.36. The minimum atomic E-state index is -3.79. The zero-order chi connectivity index (χ0) is 11.6. The standard InChI is InChI=1S/C7H8NO5PS/c1-5-4-6(8(9)10)2-3-7(5)13-14(11,12)15/h2-4H,1H3,(H2,11,12,15). The van der Waals surface area contributed by atoms with Crippen LogP contribution in [0.3, 0.4) is 0 Å². The van der Waals surface area contributed by atoms with E-state index in [0.717, 1.165) is 0 Å². The van der Waals surface area contributed by atoms with E-state index in [1.54, 1.807) is 6.92 Å². The molecule has 0 atom stereocenters.